The van der Waals surface area contributed by atoms with Crippen LogP contribution in [0.5, 0.6) is 0 Å². The summed E-state index contributed by atoms with van der Waals surface area (Å²) in [5.41, 5.74) is 2.29. The Hall–Kier alpha value is -2.17. The topological polar surface area (TPSA) is 41.6 Å². The monoisotopic (exact) mass is 336 g/mol. The molecular weight excluding hydrogens is 312 g/mol. The van der Waals surface area contributed by atoms with Crippen LogP contribution in [0.3, 0.4) is 0 Å². The van der Waals surface area contributed by atoms with Crippen molar-refractivity contribution in [3.8, 4) is 0 Å². The third-order valence-corrected chi connectivity index (χ3v) is 5.13. The highest BCUT2D eigenvalue weighted by molar-refractivity contribution is 5.82. The fraction of sp³-hybridized carbons (Fsp3) is 0.381. The van der Waals surface area contributed by atoms with Crippen molar-refractivity contribution in [2.24, 2.45) is 0 Å². The molecule has 4 heteroatoms. The van der Waals surface area contributed by atoms with Gasteiger partial charge in [0.2, 0.25) is 0 Å². The van der Waals surface area contributed by atoms with E-state index in [-0.39, 0.29) is 11.4 Å². The van der Waals surface area contributed by atoms with Gasteiger partial charge in [-0.25, -0.2) is 0 Å². The number of morpholine rings is 1. The number of rotatable bonds is 5. The predicted molar refractivity (Wildman–Crippen MR) is 97.0 cm³/mol. The molecule has 1 unspecified atom stereocenters. The lowest BCUT2D eigenvalue weighted by molar-refractivity contribution is -0.139. The first-order valence-electron chi connectivity index (χ1n) is 9.01. The summed E-state index contributed by atoms with van der Waals surface area (Å²) < 4.78 is 5.76. The number of hydrogen-bond acceptors (Lipinski definition) is 3. The van der Waals surface area contributed by atoms with E-state index in [0.29, 0.717) is 13.2 Å². The van der Waals surface area contributed by atoms with Crippen molar-refractivity contribution in [1.29, 1.82) is 0 Å². The second kappa shape index (κ2) is 6.98. The van der Waals surface area contributed by atoms with Gasteiger partial charge in [-0.3, -0.25) is 9.69 Å². The minimum absolute atomic E-state index is 0.0131. The zero-order valence-corrected chi connectivity index (χ0v) is 14.4. The third-order valence-electron chi connectivity index (χ3n) is 5.13. The van der Waals surface area contributed by atoms with E-state index in [9.17, 15) is 4.79 Å². The van der Waals surface area contributed by atoms with Gasteiger partial charge in [0.05, 0.1) is 12.1 Å². The lowest BCUT2D eigenvalue weighted by atomic mass is 10.0. The van der Waals surface area contributed by atoms with Crippen LogP contribution in [0.25, 0.3) is 0 Å². The molecule has 1 heterocycles. The average molecular weight is 336 g/mol. The zero-order valence-electron chi connectivity index (χ0n) is 14.4. The number of nitrogens with zero attached hydrogens (tertiary/aromatic N) is 1. The van der Waals surface area contributed by atoms with Crippen molar-refractivity contribution in [2.45, 2.75) is 31.0 Å². The van der Waals surface area contributed by atoms with Crippen LogP contribution < -0.4 is 5.32 Å². The first kappa shape index (κ1) is 16.3. The van der Waals surface area contributed by atoms with Gasteiger partial charge in [-0.2, -0.15) is 0 Å². The van der Waals surface area contributed by atoms with Gasteiger partial charge >= 0.3 is 0 Å². The summed E-state index contributed by atoms with van der Waals surface area (Å²) in [6, 6.07) is 20.6. The summed E-state index contributed by atoms with van der Waals surface area (Å²) in [5, 5.41) is 3.25. The van der Waals surface area contributed by atoms with E-state index in [0.717, 1.165) is 25.9 Å². The molecule has 0 bridgehead atoms. The predicted octanol–water partition coefficient (Wildman–Crippen LogP) is 2.69. The van der Waals surface area contributed by atoms with Crippen LogP contribution in [0, 0.1) is 0 Å². The SMILES string of the molecule is O=C(NC1(c2ccccc2)CC1)C1CN(Cc2ccccc2)CCO1. The van der Waals surface area contributed by atoms with Crippen LogP contribution in [0.15, 0.2) is 60.7 Å². The lowest BCUT2D eigenvalue weighted by Crippen LogP contribution is -2.51. The lowest BCUT2D eigenvalue weighted by Gasteiger charge is -2.33. The van der Waals surface area contributed by atoms with E-state index in [2.05, 4.69) is 46.6 Å². The summed E-state index contributed by atoms with van der Waals surface area (Å²) in [6.07, 6.45) is 1.62. The summed E-state index contributed by atoms with van der Waals surface area (Å²) >= 11 is 0. The summed E-state index contributed by atoms with van der Waals surface area (Å²) in [7, 11) is 0. The molecule has 1 aliphatic heterocycles. The summed E-state index contributed by atoms with van der Waals surface area (Å²) in [6.45, 7) is 2.97. The molecule has 1 atom stereocenters. The number of hydrogen-bond donors (Lipinski definition) is 1. The van der Waals surface area contributed by atoms with Crippen molar-refractivity contribution >= 4 is 5.91 Å². The molecule has 25 heavy (non-hydrogen) atoms. The largest absolute Gasteiger partial charge is 0.366 e. The maximum absolute atomic E-state index is 12.8. The second-order valence-electron chi connectivity index (χ2n) is 7.02. The van der Waals surface area contributed by atoms with Crippen molar-refractivity contribution < 1.29 is 9.53 Å². The Morgan fingerprint density at radius 3 is 2.44 bits per heavy atom. The number of amides is 1. The van der Waals surface area contributed by atoms with Gasteiger partial charge in [-0.05, 0) is 24.0 Å². The van der Waals surface area contributed by atoms with E-state index in [1.165, 1.54) is 11.1 Å². The van der Waals surface area contributed by atoms with Crippen LogP contribution >= 0.6 is 0 Å². The fourth-order valence-corrected chi connectivity index (χ4v) is 3.53. The highest BCUT2D eigenvalue weighted by Gasteiger charge is 2.46. The maximum Gasteiger partial charge on any atom is 0.251 e. The first-order valence-corrected chi connectivity index (χ1v) is 9.01. The summed E-state index contributed by atoms with van der Waals surface area (Å²) in [4.78, 5) is 15.1. The molecule has 1 saturated heterocycles. The van der Waals surface area contributed by atoms with E-state index in [1.54, 1.807) is 0 Å². The number of ether oxygens (including phenoxy) is 1. The molecule has 2 aliphatic rings. The Kier molecular flexibility index (Phi) is 4.55. The molecule has 4 nitrogen and oxygen atoms in total. The number of benzene rings is 2. The van der Waals surface area contributed by atoms with Crippen molar-refractivity contribution in [3.05, 3.63) is 71.8 Å². The molecule has 0 aromatic heterocycles. The number of carbonyl (C=O) groups is 1. The Bertz CT molecular complexity index is 713. The molecule has 2 aromatic carbocycles. The third kappa shape index (κ3) is 3.75. The van der Waals surface area contributed by atoms with Gasteiger partial charge in [0, 0.05) is 19.6 Å². The van der Waals surface area contributed by atoms with Gasteiger partial charge < -0.3 is 10.1 Å². The minimum atomic E-state index is -0.390. The Morgan fingerprint density at radius 1 is 1.08 bits per heavy atom. The first-order chi connectivity index (χ1) is 12.3. The van der Waals surface area contributed by atoms with Gasteiger partial charge in [-0.1, -0.05) is 60.7 Å². The zero-order chi connectivity index (χ0) is 17.1. The van der Waals surface area contributed by atoms with Crippen LogP contribution in [-0.4, -0.2) is 36.6 Å². The molecule has 4 rings (SSSR count). The Morgan fingerprint density at radius 2 is 1.76 bits per heavy atom. The Labute approximate surface area is 148 Å². The summed E-state index contributed by atoms with van der Waals surface area (Å²) in [5.74, 6) is 0.0131. The Balaban J connectivity index is 1.37. The second-order valence-corrected chi connectivity index (χ2v) is 7.02. The van der Waals surface area contributed by atoms with Gasteiger partial charge in [0.1, 0.15) is 6.10 Å². The normalized spacial score (nSPS) is 22.3. The highest BCUT2D eigenvalue weighted by Crippen LogP contribution is 2.45. The van der Waals surface area contributed by atoms with Crippen molar-refractivity contribution in [2.75, 3.05) is 19.7 Å². The van der Waals surface area contributed by atoms with E-state index >= 15 is 0 Å². The molecule has 0 spiro atoms. The van der Waals surface area contributed by atoms with Crippen LogP contribution in [-0.2, 0) is 21.6 Å². The van der Waals surface area contributed by atoms with Crippen molar-refractivity contribution in [3.63, 3.8) is 0 Å². The molecular formula is C21H24N2O2. The quantitative estimate of drug-likeness (QED) is 0.913. The van der Waals surface area contributed by atoms with E-state index in [4.69, 9.17) is 4.74 Å². The van der Waals surface area contributed by atoms with Crippen molar-refractivity contribution in [1.82, 2.24) is 10.2 Å². The highest BCUT2D eigenvalue weighted by atomic mass is 16.5. The standard InChI is InChI=1S/C21H24N2O2/c24-20(22-21(11-12-21)18-9-5-2-6-10-18)19-16-23(13-14-25-19)15-17-7-3-1-4-8-17/h1-10,19H,11-16H2,(H,22,24). The van der Waals surface area contributed by atoms with E-state index in [1.807, 2.05) is 24.3 Å². The molecule has 1 aliphatic carbocycles. The fourth-order valence-electron chi connectivity index (χ4n) is 3.53. The van der Waals surface area contributed by atoms with E-state index < -0.39 is 6.10 Å². The number of carbonyl (C=O) groups excluding carboxylic acids is 1. The van der Waals surface area contributed by atoms with Gasteiger partial charge in [-0.15, -0.1) is 0 Å². The minimum Gasteiger partial charge on any atom is -0.366 e. The van der Waals surface area contributed by atoms with Crippen LogP contribution in [0.1, 0.15) is 24.0 Å². The molecule has 1 saturated carbocycles. The van der Waals surface area contributed by atoms with Crippen LogP contribution in [0.4, 0.5) is 0 Å². The molecule has 1 amide bonds. The average Bonchev–Trinajstić information content (AvgIpc) is 3.44. The molecule has 1 N–H and O–H groups in total. The molecule has 130 valence electrons. The van der Waals surface area contributed by atoms with Gasteiger partial charge in [0.25, 0.3) is 5.91 Å². The maximum atomic E-state index is 12.8. The van der Waals surface area contributed by atoms with Gasteiger partial charge in [0.15, 0.2) is 0 Å². The smallest absolute Gasteiger partial charge is 0.251 e. The molecule has 0 radical (unpaired) electrons. The molecule has 2 aromatic rings. The molecule has 2 fully saturated rings. The number of nitrogens with one attached hydrogen (secondary N) is 1. The van der Waals surface area contributed by atoms with Crippen LogP contribution in [0.2, 0.25) is 0 Å².